The standard InChI is InChI=1S/C14H18ClN3/c1-12(13-4-2-3-5-14(13)15)18-10-8-17(7-6-16)9-11-18/h2-5,12H,7-11H2,1H3/t12-/m0/s1. The number of halogens is 1. The highest BCUT2D eigenvalue weighted by atomic mass is 35.5. The van der Waals surface area contributed by atoms with Gasteiger partial charge in [-0.15, -0.1) is 0 Å². The van der Waals surface area contributed by atoms with E-state index < -0.39 is 0 Å². The van der Waals surface area contributed by atoms with Crippen LogP contribution in [0.3, 0.4) is 0 Å². The van der Waals surface area contributed by atoms with Crippen LogP contribution in [0, 0.1) is 11.3 Å². The fourth-order valence-corrected chi connectivity index (χ4v) is 2.71. The molecule has 1 aromatic carbocycles. The summed E-state index contributed by atoms with van der Waals surface area (Å²) in [7, 11) is 0. The van der Waals surface area contributed by atoms with E-state index in [1.54, 1.807) is 0 Å². The molecule has 2 rings (SSSR count). The third kappa shape index (κ3) is 3.02. The molecule has 0 amide bonds. The summed E-state index contributed by atoms with van der Waals surface area (Å²) in [5.41, 5.74) is 1.19. The van der Waals surface area contributed by atoms with Crippen LogP contribution in [-0.4, -0.2) is 42.5 Å². The van der Waals surface area contributed by atoms with E-state index in [0.29, 0.717) is 12.6 Å². The highest BCUT2D eigenvalue weighted by Gasteiger charge is 2.22. The Kier molecular flexibility index (Phi) is 4.60. The summed E-state index contributed by atoms with van der Waals surface area (Å²) in [5.74, 6) is 0. The molecule has 0 N–H and O–H groups in total. The molecule has 1 saturated heterocycles. The molecule has 0 bridgehead atoms. The van der Waals surface area contributed by atoms with E-state index in [0.717, 1.165) is 31.2 Å². The molecular formula is C14H18ClN3. The number of nitrogens with zero attached hydrogens (tertiary/aromatic N) is 3. The lowest BCUT2D eigenvalue weighted by Crippen LogP contribution is -2.47. The Bertz CT molecular complexity index is 433. The lowest BCUT2D eigenvalue weighted by molar-refractivity contribution is 0.111. The Morgan fingerprint density at radius 2 is 1.94 bits per heavy atom. The van der Waals surface area contributed by atoms with Crippen LogP contribution < -0.4 is 0 Å². The largest absolute Gasteiger partial charge is 0.294 e. The quantitative estimate of drug-likeness (QED) is 0.785. The molecule has 96 valence electrons. The first-order valence-electron chi connectivity index (χ1n) is 6.30. The highest BCUT2D eigenvalue weighted by Crippen LogP contribution is 2.27. The van der Waals surface area contributed by atoms with Gasteiger partial charge in [-0.25, -0.2) is 0 Å². The normalized spacial score (nSPS) is 19.4. The van der Waals surface area contributed by atoms with Gasteiger partial charge >= 0.3 is 0 Å². The molecule has 4 heteroatoms. The van der Waals surface area contributed by atoms with Gasteiger partial charge in [0.1, 0.15) is 0 Å². The maximum atomic E-state index is 8.69. The Morgan fingerprint density at radius 1 is 1.28 bits per heavy atom. The summed E-state index contributed by atoms with van der Waals surface area (Å²) in [6.45, 7) is 6.64. The van der Waals surface area contributed by atoms with Gasteiger partial charge in [0.2, 0.25) is 0 Å². The summed E-state index contributed by atoms with van der Waals surface area (Å²) in [4.78, 5) is 4.62. The van der Waals surface area contributed by atoms with Crippen molar-refractivity contribution in [2.75, 3.05) is 32.7 Å². The molecule has 1 fully saturated rings. The number of hydrogen-bond donors (Lipinski definition) is 0. The molecule has 3 nitrogen and oxygen atoms in total. The Morgan fingerprint density at radius 3 is 2.56 bits per heavy atom. The molecule has 0 aromatic heterocycles. The number of nitriles is 1. The molecule has 1 aliphatic heterocycles. The minimum Gasteiger partial charge on any atom is -0.294 e. The number of rotatable bonds is 3. The van der Waals surface area contributed by atoms with E-state index in [2.05, 4.69) is 28.9 Å². The van der Waals surface area contributed by atoms with Gasteiger partial charge < -0.3 is 0 Å². The Labute approximate surface area is 114 Å². The minimum atomic E-state index is 0.336. The van der Waals surface area contributed by atoms with Crippen LogP contribution in [0.4, 0.5) is 0 Å². The third-order valence-corrected chi connectivity index (χ3v) is 3.95. The van der Waals surface area contributed by atoms with Gasteiger partial charge in [0.25, 0.3) is 0 Å². The summed E-state index contributed by atoms with van der Waals surface area (Å²) >= 11 is 6.24. The monoisotopic (exact) mass is 263 g/mol. The van der Waals surface area contributed by atoms with E-state index in [9.17, 15) is 0 Å². The van der Waals surface area contributed by atoms with Crippen molar-refractivity contribution in [2.24, 2.45) is 0 Å². The first-order valence-corrected chi connectivity index (χ1v) is 6.68. The van der Waals surface area contributed by atoms with Gasteiger partial charge in [0.05, 0.1) is 12.6 Å². The second kappa shape index (κ2) is 6.19. The van der Waals surface area contributed by atoms with E-state index in [-0.39, 0.29) is 0 Å². The van der Waals surface area contributed by atoms with Gasteiger partial charge in [-0.1, -0.05) is 29.8 Å². The molecule has 1 aliphatic rings. The topological polar surface area (TPSA) is 30.3 Å². The van der Waals surface area contributed by atoms with E-state index in [1.165, 1.54) is 5.56 Å². The van der Waals surface area contributed by atoms with Crippen LogP contribution >= 0.6 is 11.6 Å². The number of benzene rings is 1. The predicted molar refractivity (Wildman–Crippen MR) is 73.5 cm³/mol. The molecule has 0 aliphatic carbocycles. The molecule has 0 spiro atoms. The highest BCUT2D eigenvalue weighted by molar-refractivity contribution is 6.31. The molecule has 0 radical (unpaired) electrons. The molecule has 1 aromatic rings. The van der Waals surface area contributed by atoms with Gasteiger partial charge in [-0.2, -0.15) is 5.26 Å². The van der Waals surface area contributed by atoms with Crippen molar-refractivity contribution in [2.45, 2.75) is 13.0 Å². The molecule has 1 heterocycles. The molecule has 0 unspecified atom stereocenters. The lowest BCUT2D eigenvalue weighted by Gasteiger charge is -2.37. The SMILES string of the molecule is C[C@@H](c1ccccc1Cl)N1CCN(CC#N)CC1. The van der Waals surface area contributed by atoms with Crippen molar-refractivity contribution >= 4 is 11.6 Å². The van der Waals surface area contributed by atoms with Crippen molar-refractivity contribution in [3.8, 4) is 6.07 Å². The lowest BCUT2D eigenvalue weighted by atomic mass is 10.1. The van der Waals surface area contributed by atoms with Crippen molar-refractivity contribution in [1.82, 2.24) is 9.80 Å². The van der Waals surface area contributed by atoms with E-state index in [4.69, 9.17) is 16.9 Å². The van der Waals surface area contributed by atoms with Crippen LogP contribution in [0.5, 0.6) is 0 Å². The zero-order chi connectivity index (χ0) is 13.0. The zero-order valence-electron chi connectivity index (χ0n) is 10.6. The molecule has 1 atom stereocenters. The average Bonchev–Trinajstić information content (AvgIpc) is 2.40. The number of piperazine rings is 1. The van der Waals surface area contributed by atoms with Crippen molar-refractivity contribution in [3.05, 3.63) is 34.9 Å². The van der Waals surface area contributed by atoms with Gasteiger partial charge in [0, 0.05) is 37.2 Å². The predicted octanol–water partition coefficient (Wildman–Crippen LogP) is 2.54. The summed E-state index contributed by atoms with van der Waals surface area (Å²) in [5, 5.41) is 9.52. The first kappa shape index (κ1) is 13.4. The molecular weight excluding hydrogens is 246 g/mol. The Balaban J connectivity index is 1.98. The second-order valence-corrected chi connectivity index (χ2v) is 5.07. The molecule has 0 saturated carbocycles. The van der Waals surface area contributed by atoms with Crippen LogP contribution in [-0.2, 0) is 0 Å². The van der Waals surface area contributed by atoms with Crippen LogP contribution in [0.2, 0.25) is 5.02 Å². The van der Waals surface area contributed by atoms with Gasteiger partial charge in [-0.3, -0.25) is 9.80 Å². The van der Waals surface area contributed by atoms with Crippen LogP contribution in [0.1, 0.15) is 18.5 Å². The van der Waals surface area contributed by atoms with Gasteiger partial charge in [0.15, 0.2) is 0 Å². The molecule has 18 heavy (non-hydrogen) atoms. The van der Waals surface area contributed by atoms with E-state index in [1.807, 2.05) is 18.2 Å². The van der Waals surface area contributed by atoms with Crippen molar-refractivity contribution in [1.29, 1.82) is 5.26 Å². The van der Waals surface area contributed by atoms with Crippen molar-refractivity contribution in [3.63, 3.8) is 0 Å². The minimum absolute atomic E-state index is 0.336. The maximum Gasteiger partial charge on any atom is 0.0866 e. The summed E-state index contributed by atoms with van der Waals surface area (Å²) in [6, 6.07) is 10.6. The third-order valence-electron chi connectivity index (χ3n) is 3.60. The van der Waals surface area contributed by atoms with Crippen molar-refractivity contribution < 1.29 is 0 Å². The summed E-state index contributed by atoms with van der Waals surface area (Å²) in [6.07, 6.45) is 0. The first-order chi connectivity index (χ1) is 8.72. The number of hydrogen-bond acceptors (Lipinski definition) is 3. The average molecular weight is 264 g/mol. The Hall–Kier alpha value is -1.08. The van der Waals surface area contributed by atoms with Crippen LogP contribution in [0.25, 0.3) is 0 Å². The smallest absolute Gasteiger partial charge is 0.0866 e. The van der Waals surface area contributed by atoms with Crippen LogP contribution in [0.15, 0.2) is 24.3 Å². The fraction of sp³-hybridized carbons (Fsp3) is 0.500. The fourth-order valence-electron chi connectivity index (χ4n) is 2.42. The zero-order valence-corrected chi connectivity index (χ0v) is 11.4. The van der Waals surface area contributed by atoms with Gasteiger partial charge in [-0.05, 0) is 18.6 Å². The maximum absolute atomic E-state index is 8.69. The second-order valence-electron chi connectivity index (χ2n) is 4.67. The van der Waals surface area contributed by atoms with E-state index >= 15 is 0 Å². The summed E-state index contributed by atoms with van der Waals surface area (Å²) < 4.78 is 0.